The van der Waals surface area contributed by atoms with Gasteiger partial charge < -0.3 is 20.5 Å². The molecule has 8 rings (SSSR count). The fourth-order valence-corrected chi connectivity index (χ4v) is 7.00. The molecule has 3 N–H and O–H groups in total. The molecule has 6 aromatic rings. The molecule has 2 unspecified atom stereocenters. The van der Waals surface area contributed by atoms with Gasteiger partial charge in [-0.1, -0.05) is 60.7 Å². The van der Waals surface area contributed by atoms with Gasteiger partial charge in [0.25, 0.3) is 11.8 Å². The topological polar surface area (TPSA) is 173 Å². The monoisotopic (exact) mass is 832 g/mol. The average Bonchev–Trinajstić information content (AvgIpc) is 3.82. The molecule has 0 saturated carbocycles. The Balaban J connectivity index is 0.000000184. The van der Waals surface area contributed by atoms with Crippen LogP contribution in [0.4, 0.5) is 17.6 Å². The number of methoxy groups -OCH3 is 1. The number of rotatable bonds is 10. The maximum Gasteiger partial charge on any atom is 0.312 e. The van der Waals surface area contributed by atoms with Gasteiger partial charge in [-0.25, -0.2) is 37.5 Å². The van der Waals surface area contributed by atoms with E-state index >= 15 is 0 Å². The smallest absolute Gasteiger partial charge is 0.312 e. The number of halogens is 4. The summed E-state index contributed by atoms with van der Waals surface area (Å²) in [6, 6.07) is 21.2. The highest BCUT2D eigenvalue weighted by molar-refractivity contribution is 5.99. The molecule has 0 saturated heterocycles. The molecule has 310 valence electrons. The number of nitrogens with zero attached hydrogens (tertiary/aromatic N) is 4. The largest absolute Gasteiger partial charge is 0.481 e. The zero-order valence-electron chi connectivity index (χ0n) is 32.9. The summed E-state index contributed by atoms with van der Waals surface area (Å²) in [6.45, 7) is 3.66. The van der Waals surface area contributed by atoms with Crippen molar-refractivity contribution in [2.75, 3.05) is 7.11 Å². The molecular formula is C45H36F4N6O6. The molecule has 0 aliphatic carbocycles. The van der Waals surface area contributed by atoms with Crippen molar-refractivity contribution in [1.29, 1.82) is 0 Å². The van der Waals surface area contributed by atoms with Crippen LogP contribution < -0.4 is 10.6 Å². The first-order valence-corrected chi connectivity index (χ1v) is 19.0. The summed E-state index contributed by atoms with van der Waals surface area (Å²) in [5.74, 6) is -6.32. The van der Waals surface area contributed by atoms with Crippen molar-refractivity contribution < 1.29 is 46.6 Å². The second-order valence-corrected chi connectivity index (χ2v) is 14.3. The Morgan fingerprint density at radius 2 is 0.984 bits per heavy atom. The van der Waals surface area contributed by atoms with E-state index in [1.54, 1.807) is 50.2 Å². The molecule has 2 aliphatic heterocycles. The Bertz CT molecular complexity index is 2670. The van der Waals surface area contributed by atoms with Crippen LogP contribution in [0.25, 0.3) is 22.8 Å². The quantitative estimate of drug-likeness (QED) is 0.0966. The van der Waals surface area contributed by atoms with Crippen molar-refractivity contribution in [3.63, 3.8) is 0 Å². The molecule has 0 bridgehead atoms. The molecule has 12 nitrogen and oxygen atoms in total. The number of hydrogen-bond acceptors (Lipinski definition) is 9. The maximum atomic E-state index is 14.3. The van der Waals surface area contributed by atoms with Crippen LogP contribution in [-0.2, 0) is 40.3 Å². The van der Waals surface area contributed by atoms with Crippen LogP contribution in [0, 0.1) is 23.3 Å². The minimum atomic E-state index is -0.926. The highest BCUT2D eigenvalue weighted by atomic mass is 19.1. The zero-order chi connectivity index (χ0) is 43.5. The summed E-state index contributed by atoms with van der Waals surface area (Å²) in [5.41, 5.74) is 4.52. The van der Waals surface area contributed by atoms with Crippen LogP contribution in [0.15, 0.2) is 84.9 Å². The molecule has 4 aromatic carbocycles. The Hall–Kier alpha value is -7.36. The molecule has 4 heterocycles. The van der Waals surface area contributed by atoms with Gasteiger partial charge in [-0.2, -0.15) is 0 Å². The van der Waals surface area contributed by atoms with Crippen molar-refractivity contribution in [3.05, 3.63) is 164 Å². The number of benzene rings is 4. The van der Waals surface area contributed by atoms with Gasteiger partial charge in [-0.15, -0.1) is 0 Å². The molecule has 2 atom stereocenters. The van der Waals surface area contributed by atoms with E-state index in [0.29, 0.717) is 39.5 Å². The van der Waals surface area contributed by atoms with Crippen molar-refractivity contribution in [2.45, 2.75) is 51.6 Å². The predicted octanol–water partition coefficient (Wildman–Crippen LogP) is 6.98. The number of amides is 2. The number of esters is 1. The fraction of sp³-hybridized carbons (Fsp3) is 0.200. The van der Waals surface area contributed by atoms with E-state index in [1.807, 2.05) is 12.1 Å². The van der Waals surface area contributed by atoms with Gasteiger partial charge in [0.15, 0.2) is 11.6 Å². The highest BCUT2D eigenvalue weighted by Gasteiger charge is 2.30. The van der Waals surface area contributed by atoms with E-state index in [4.69, 9.17) is 9.84 Å². The fourth-order valence-electron chi connectivity index (χ4n) is 7.00. The number of hydrogen-bond donors (Lipinski definition) is 3. The Morgan fingerprint density at radius 1 is 0.607 bits per heavy atom. The van der Waals surface area contributed by atoms with E-state index in [9.17, 15) is 36.7 Å². The molecule has 0 fully saturated rings. The first-order chi connectivity index (χ1) is 29.2. The number of ether oxygens (including phenoxy) is 1. The number of nitrogens with one attached hydrogen (secondary N) is 2. The lowest BCUT2D eigenvalue weighted by atomic mass is 9.97. The average molecular weight is 833 g/mol. The minimum Gasteiger partial charge on any atom is -0.481 e. The predicted molar refractivity (Wildman–Crippen MR) is 212 cm³/mol. The summed E-state index contributed by atoms with van der Waals surface area (Å²) < 4.78 is 61.9. The second kappa shape index (κ2) is 17.5. The number of carbonyl (C=O) groups is 4. The van der Waals surface area contributed by atoms with Crippen molar-refractivity contribution >= 4 is 23.8 Å². The van der Waals surface area contributed by atoms with Crippen molar-refractivity contribution in [3.8, 4) is 22.8 Å². The third-order valence-electron chi connectivity index (χ3n) is 10.4. The van der Waals surface area contributed by atoms with Gasteiger partial charge in [-0.05, 0) is 60.4 Å². The summed E-state index contributed by atoms with van der Waals surface area (Å²) in [4.78, 5) is 64.6. The van der Waals surface area contributed by atoms with Crippen LogP contribution in [-0.4, -0.2) is 55.9 Å². The van der Waals surface area contributed by atoms with Crippen molar-refractivity contribution in [2.24, 2.45) is 0 Å². The number of carboxylic acids is 1. The Morgan fingerprint density at radius 3 is 1.34 bits per heavy atom. The van der Waals surface area contributed by atoms with Crippen molar-refractivity contribution in [1.82, 2.24) is 30.6 Å². The normalized spacial score (nSPS) is 13.6. The van der Waals surface area contributed by atoms with Gasteiger partial charge in [0.2, 0.25) is 0 Å². The van der Waals surface area contributed by atoms with E-state index in [-0.39, 0.29) is 66.5 Å². The van der Waals surface area contributed by atoms with E-state index in [2.05, 4.69) is 30.6 Å². The van der Waals surface area contributed by atoms with Gasteiger partial charge >= 0.3 is 11.9 Å². The maximum absolute atomic E-state index is 14.3. The Labute approximate surface area is 346 Å². The lowest BCUT2D eigenvalue weighted by Gasteiger charge is -2.12. The first-order valence-electron chi connectivity index (χ1n) is 19.0. The third kappa shape index (κ3) is 8.69. The molecule has 0 spiro atoms. The summed E-state index contributed by atoms with van der Waals surface area (Å²) in [5, 5.41) is 14.5. The standard InChI is InChI=1S/C23H19F2N3O3.C22H17F2N3O3/c1-12(23(30)31-2)14-8-6-13(7-9-14)10-17-20-18(11-26-22(20)29)28-21(27-17)19-15(24)4-3-5-16(19)25;1-11(22(29)30)13-7-5-12(6-8-13)9-16-19-17(10-25-21(19)28)27-20(26-16)18-14(23)3-2-4-15(18)24/h3-9,12H,10-11H2,1-2H3,(H,26,29);2-8,11H,9-10H2,1H3,(H,25,28)(H,29,30). The molecule has 61 heavy (non-hydrogen) atoms. The number of aliphatic carboxylic acids is 1. The summed E-state index contributed by atoms with van der Waals surface area (Å²) in [6.07, 6.45) is 0.483. The van der Waals surface area contributed by atoms with Gasteiger partial charge in [0.05, 0.1) is 77.1 Å². The van der Waals surface area contributed by atoms with E-state index < -0.39 is 41.1 Å². The summed E-state index contributed by atoms with van der Waals surface area (Å²) in [7, 11) is 1.34. The molecule has 16 heteroatoms. The zero-order valence-corrected chi connectivity index (χ0v) is 32.9. The first kappa shape index (κ1) is 41.8. The van der Waals surface area contributed by atoms with Crippen LogP contribution >= 0.6 is 0 Å². The number of fused-ring (bicyclic) bond motifs is 2. The highest BCUT2D eigenvalue weighted by Crippen LogP contribution is 2.30. The van der Waals surface area contributed by atoms with Crippen LogP contribution in [0.3, 0.4) is 0 Å². The second-order valence-electron chi connectivity index (χ2n) is 14.3. The molecule has 2 aromatic heterocycles. The SMILES string of the molecule is CC(C(=O)O)c1ccc(Cc2nc(-c3c(F)cccc3F)nc3c2C(=O)NC3)cc1.COC(=O)C(C)c1ccc(Cc2nc(-c3c(F)cccc3F)nc3c2C(=O)NC3)cc1. The minimum absolute atomic E-state index is 0.100. The lowest BCUT2D eigenvalue weighted by Crippen LogP contribution is -2.15. The third-order valence-corrected chi connectivity index (χ3v) is 10.4. The van der Waals surface area contributed by atoms with Crippen LogP contribution in [0.5, 0.6) is 0 Å². The van der Waals surface area contributed by atoms with Gasteiger partial charge in [0.1, 0.15) is 23.3 Å². The van der Waals surface area contributed by atoms with Gasteiger partial charge in [-0.3, -0.25) is 19.2 Å². The molecule has 2 aliphatic rings. The molecule has 0 radical (unpaired) electrons. The van der Waals surface area contributed by atoms with E-state index in [1.165, 1.54) is 19.2 Å². The lowest BCUT2D eigenvalue weighted by molar-refractivity contribution is -0.142. The number of carboxylic acid groups (broad SMARTS) is 1. The van der Waals surface area contributed by atoms with Crippen LogP contribution in [0.1, 0.15) is 91.4 Å². The number of aromatic nitrogens is 4. The number of carbonyl (C=O) groups excluding carboxylic acids is 3. The Kier molecular flexibility index (Phi) is 12.0. The summed E-state index contributed by atoms with van der Waals surface area (Å²) >= 11 is 0. The van der Waals surface area contributed by atoms with Crippen LogP contribution in [0.2, 0.25) is 0 Å². The molecule has 2 amide bonds. The van der Waals surface area contributed by atoms with Gasteiger partial charge in [0, 0.05) is 12.8 Å². The molecular weight excluding hydrogens is 797 g/mol. The van der Waals surface area contributed by atoms with E-state index in [0.717, 1.165) is 41.0 Å².